The molecule has 3 aromatic rings. The smallest absolute Gasteiger partial charge is 0.342 e. The number of esters is 1. The Hall–Kier alpha value is -2.99. The number of thioether (sulfide) groups is 1. The van der Waals surface area contributed by atoms with E-state index in [0.29, 0.717) is 12.3 Å². The van der Waals surface area contributed by atoms with Crippen molar-refractivity contribution < 1.29 is 19.4 Å². The molecule has 0 heterocycles. The van der Waals surface area contributed by atoms with E-state index in [0.717, 1.165) is 15.7 Å². The van der Waals surface area contributed by atoms with Crippen LogP contribution in [-0.4, -0.2) is 35.9 Å². The highest BCUT2D eigenvalue weighted by Gasteiger charge is 2.15. The number of nitrogens with one attached hydrogen (secondary N) is 1. The number of fused-ring (bicyclic) bond motifs is 1. The van der Waals surface area contributed by atoms with Gasteiger partial charge >= 0.3 is 5.97 Å². The number of benzene rings is 3. The summed E-state index contributed by atoms with van der Waals surface area (Å²) in [5.41, 5.74) is 1.25. The van der Waals surface area contributed by atoms with Gasteiger partial charge in [0.2, 0.25) is 0 Å². The van der Waals surface area contributed by atoms with E-state index in [1.54, 1.807) is 17.8 Å². The molecule has 3 aromatic carbocycles. The Kier molecular flexibility index (Phi) is 6.55. The van der Waals surface area contributed by atoms with Gasteiger partial charge in [-0.3, -0.25) is 4.79 Å². The first-order valence-electron chi connectivity index (χ1n) is 8.88. The molecular formula is C22H21NO4S. The summed E-state index contributed by atoms with van der Waals surface area (Å²) in [6.07, 6.45) is 0. The van der Waals surface area contributed by atoms with Crippen molar-refractivity contribution in [1.82, 2.24) is 5.32 Å². The molecule has 0 saturated heterocycles. The van der Waals surface area contributed by atoms with Gasteiger partial charge in [-0.15, -0.1) is 11.8 Å². The lowest BCUT2D eigenvalue weighted by molar-refractivity contribution is -0.124. The van der Waals surface area contributed by atoms with Crippen molar-refractivity contribution >= 4 is 34.4 Å². The maximum atomic E-state index is 12.2. The second kappa shape index (κ2) is 9.28. The van der Waals surface area contributed by atoms with E-state index < -0.39 is 5.97 Å². The molecule has 0 radical (unpaired) electrons. The van der Waals surface area contributed by atoms with Crippen molar-refractivity contribution in [3.63, 3.8) is 0 Å². The van der Waals surface area contributed by atoms with Gasteiger partial charge in [0.15, 0.2) is 6.61 Å². The third kappa shape index (κ3) is 5.27. The first-order chi connectivity index (χ1) is 13.5. The summed E-state index contributed by atoms with van der Waals surface area (Å²) in [4.78, 5) is 25.2. The Morgan fingerprint density at radius 2 is 1.71 bits per heavy atom. The number of aryl methyl sites for hydroxylation is 1. The molecule has 144 valence electrons. The van der Waals surface area contributed by atoms with Crippen LogP contribution >= 0.6 is 11.8 Å². The van der Waals surface area contributed by atoms with E-state index in [4.69, 9.17) is 4.74 Å². The second-order valence-electron chi connectivity index (χ2n) is 6.30. The van der Waals surface area contributed by atoms with Gasteiger partial charge in [0.25, 0.3) is 5.91 Å². The summed E-state index contributed by atoms with van der Waals surface area (Å²) in [5.74, 6) is -0.557. The number of phenolic OH excluding ortho intramolecular Hbond substituents is 1. The Morgan fingerprint density at radius 3 is 2.43 bits per heavy atom. The first-order valence-corrected chi connectivity index (χ1v) is 9.86. The molecule has 2 N–H and O–H groups in total. The zero-order valence-corrected chi connectivity index (χ0v) is 16.3. The lowest BCUT2D eigenvalue weighted by Gasteiger charge is -2.09. The van der Waals surface area contributed by atoms with E-state index in [2.05, 4.69) is 5.32 Å². The van der Waals surface area contributed by atoms with Crippen molar-refractivity contribution in [2.24, 2.45) is 0 Å². The fourth-order valence-corrected chi connectivity index (χ4v) is 3.41. The van der Waals surface area contributed by atoms with E-state index in [-0.39, 0.29) is 23.8 Å². The minimum Gasteiger partial charge on any atom is -0.507 e. The molecule has 0 spiro atoms. The van der Waals surface area contributed by atoms with Gasteiger partial charge in [-0.25, -0.2) is 4.79 Å². The molecule has 3 rings (SSSR count). The van der Waals surface area contributed by atoms with Crippen LogP contribution in [0.4, 0.5) is 0 Å². The molecule has 0 aliphatic rings. The molecule has 0 aliphatic carbocycles. The normalized spacial score (nSPS) is 10.6. The van der Waals surface area contributed by atoms with Crippen LogP contribution in [0.25, 0.3) is 10.8 Å². The quantitative estimate of drug-likeness (QED) is 0.360. The van der Waals surface area contributed by atoms with Crippen molar-refractivity contribution in [3.05, 3.63) is 71.8 Å². The molecule has 0 atom stereocenters. The summed E-state index contributed by atoms with van der Waals surface area (Å²) >= 11 is 1.64. The lowest BCUT2D eigenvalue weighted by Crippen LogP contribution is -2.30. The second-order valence-corrected chi connectivity index (χ2v) is 7.47. The molecule has 28 heavy (non-hydrogen) atoms. The molecule has 0 unspecified atom stereocenters. The third-order valence-corrected chi connectivity index (χ3v) is 5.15. The van der Waals surface area contributed by atoms with Crippen LogP contribution in [0.1, 0.15) is 15.9 Å². The van der Waals surface area contributed by atoms with Gasteiger partial charge in [-0.05, 0) is 42.0 Å². The van der Waals surface area contributed by atoms with Crippen molar-refractivity contribution in [1.29, 1.82) is 0 Å². The zero-order chi connectivity index (χ0) is 19.9. The van der Waals surface area contributed by atoms with Crippen molar-refractivity contribution in [2.45, 2.75) is 11.8 Å². The monoisotopic (exact) mass is 395 g/mol. The highest BCUT2D eigenvalue weighted by molar-refractivity contribution is 7.99. The lowest BCUT2D eigenvalue weighted by atomic mass is 10.1. The Bertz CT molecular complexity index is 985. The topological polar surface area (TPSA) is 75.6 Å². The van der Waals surface area contributed by atoms with Crippen LogP contribution in [-0.2, 0) is 9.53 Å². The predicted octanol–water partition coefficient (Wildman–Crippen LogP) is 3.92. The molecule has 0 aliphatic heterocycles. The predicted molar refractivity (Wildman–Crippen MR) is 111 cm³/mol. The molecule has 0 fully saturated rings. The minimum absolute atomic E-state index is 0.0430. The number of carbonyl (C=O) groups excluding carboxylic acids is 2. The molecule has 6 heteroatoms. The van der Waals surface area contributed by atoms with Crippen LogP contribution in [0.3, 0.4) is 0 Å². The van der Waals surface area contributed by atoms with E-state index >= 15 is 0 Å². The first kappa shape index (κ1) is 19.8. The van der Waals surface area contributed by atoms with Gasteiger partial charge in [-0.2, -0.15) is 0 Å². The highest BCUT2D eigenvalue weighted by atomic mass is 32.2. The number of hydrogen-bond acceptors (Lipinski definition) is 5. The van der Waals surface area contributed by atoms with Crippen LogP contribution < -0.4 is 5.32 Å². The molecule has 0 saturated carbocycles. The number of amides is 1. The molecule has 0 bridgehead atoms. The summed E-state index contributed by atoms with van der Waals surface area (Å²) in [5, 5.41) is 14.4. The van der Waals surface area contributed by atoms with Crippen LogP contribution in [0, 0.1) is 6.92 Å². The van der Waals surface area contributed by atoms with Gasteiger partial charge in [0.05, 0.1) is 0 Å². The summed E-state index contributed by atoms with van der Waals surface area (Å²) in [6.45, 7) is 2.12. The Morgan fingerprint density at radius 1 is 1.04 bits per heavy atom. The maximum Gasteiger partial charge on any atom is 0.342 e. The van der Waals surface area contributed by atoms with Gasteiger partial charge < -0.3 is 15.2 Å². The standard InChI is InChI=1S/C22H21NO4S/c1-15-6-8-18(9-7-15)28-11-10-23-21(25)14-27-22(26)19-12-16-4-2-3-5-17(16)13-20(19)24/h2-9,12-13,24H,10-11,14H2,1H3,(H,23,25). The van der Waals surface area contributed by atoms with Crippen LogP contribution in [0.5, 0.6) is 5.75 Å². The molecule has 5 nitrogen and oxygen atoms in total. The van der Waals surface area contributed by atoms with Crippen LogP contribution in [0.2, 0.25) is 0 Å². The number of hydrogen-bond donors (Lipinski definition) is 2. The highest BCUT2D eigenvalue weighted by Crippen LogP contribution is 2.25. The Balaban J connectivity index is 1.44. The zero-order valence-electron chi connectivity index (χ0n) is 15.5. The molecular weight excluding hydrogens is 374 g/mol. The van der Waals surface area contributed by atoms with Crippen molar-refractivity contribution in [2.75, 3.05) is 18.9 Å². The average molecular weight is 395 g/mol. The average Bonchev–Trinajstić information content (AvgIpc) is 2.70. The Labute approximate surface area is 167 Å². The number of ether oxygens (including phenoxy) is 1. The summed E-state index contributed by atoms with van der Waals surface area (Å²) in [6, 6.07) is 18.6. The number of aromatic hydroxyl groups is 1. The van der Waals surface area contributed by atoms with Gasteiger partial charge in [0, 0.05) is 17.2 Å². The van der Waals surface area contributed by atoms with Gasteiger partial charge in [0.1, 0.15) is 11.3 Å². The fraction of sp³-hybridized carbons (Fsp3) is 0.182. The summed E-state index contributed by atoms with van der Waals surface area (Å²) < 4.78 is 5.03. The SMILES string of the molecule is Cc1ccc(SCCNC(=O)COC(=O)c2cc3ccccc3cc2O)cc1. The molecule has 1 amide bonds. The minimum atomic E-state index is -0.729. The fourth-order valence-electron chi connectivity index (χ4n) is 2.65. The van der Waals surface area contributed by atoms with Gasteiger partial charge in [-0.1, -0.05) is 42.0 Å². The molecule has 0 aromatic heterocycles. The van der Waals surface area contributed by atoms with E-state index in [1.165, 1.54) is 11.6 Å². The summed E-state index contributed by atoms with van der Waals surface area (Å²) in [7, 11) is 0. The third-order valence-electron chi connectivity index (χ3n) is 4.13. The number of rotatable bonds is 7. The number of carbonyl (C=O) groups is 2. The number of phenols is 1. The largest absolute Gasteiger partial charge is 0.507 e. The van der Waals surface area contributed by atoms with E-state index in [9.17, 15) is 14.7 Å². The van der Waals surface area contributed by atoms with Crippen LogP contribution in [0.15, 0.2) is 65.6 Å². The van der Waals surface area contributed by atoms with E-state index in [1.807, 2.05) is 55.5 Å². The van der Waals surface area contributed by atoms with Crippen molar-refractivity contribution in [3.8, 4) is 5.75 Å². The maximum absolute atomic E-state index is 12.2.